The molecule has 0 aliphatic heterocycles. The van der Waals surface area contributed by atoms with Gasteiger partial charge in [-0.25, -0.2) is 0 Å². The Morgan fingerprint density at radius 3 is 2.28 bits per heavy atom. The molecule has 2 nitrogen and oxygen atoms in total. The summed E-state index contributed by atoms with van der Waals surface area (Å²) in [6.45, 7) is 0. The van der Waals surface area contributed by atoms with Gasteiger partial charge in [0.05, 0.1) is 10.0 Å². The van der Waals surface area contributed by atoms with Crippen molar-refractivity contribution in [1.29, 1.82) is 0 Å². The molecular weight excluding hydrogens is 384 g/mol. The number of halogens is 3. The number of nitrogens with one attached hydrogen (secondary N) is 1. The summed E-state index contributed by atoms with van der Waals surface area (Å²) in [4.78, 5) is 11.9. The molecular formula is C13H8Cl2INO. The van der Waals surface area contributed by atoms with Gasteiger partial charge in [0.2, 0.25) is 0 Å². The van der Waals surface area contributed by atoms with E-state index in [1.54, 1.807) is 18.2 Å². The number of carbonyl (C=O) groups is 1. The molecule has 0 heterocycles. The van der Waals surface area contributed by atoms with E-state index in [0.717, 1.165) is 9.26 Å². The van der Waals surface area contributed by atoms with Gasteiger partial charge in [-0.1, -0.05) is 23.2 Å². The minimum absolute atomic E-state index is 0.213. The average Bonchev–Trinajstić information content (AvgIpc) is 2.35. The maximum atomic E-state index is 11.9. The van der Waals surface area contributed by atoms with E-state index in [1.807, 2.05) is 24.3 Å². The number of carbonyl (C=O) groups excluding carboxylic acids is 1. The average molecular weight is 392 g/mol. The van der Waals surface area contributed by atoms with Gasteiger partial charge in [-0.3, -0.25) is 4.79 Å². The lowest BCUT2D eigenvalue weighted by atomic mass is 10.2. The summed E-state index contributed by atoms with van der Waals surface area (Å²) in [6.07, 6.45) is 0. The number of rotatable bonds is 2. The van der Waals surface area contributed by atoms with Gasteiger partial charge < -0.3 is 5.32 Å². The van der Waals surface area contributed by atoms with Gasteiger partial charge in [0.25, 0.3) is 5.91 Å². The Morgan fingerprint density at radius 1 is 1.00 bits per heavy atom. The molecule has 2 rings (SSSR count). The highest BCUT2D eigenvalue weighted by Gasteiger charge is 2.08. The third-order valence-corrected chi connectivity index (χ3v) is 3.74. The molecule has 0 aliphatic rings. The van der Waals surface area contributed by atoms with Crippen LogP contribution in [0.1, 0.15) is 10.4 Å². The van der Waals surface area contributed by atoms with E-state index < -0.39 is 0 Å². The fraction of sp³-hybridized carbons (Fsp3) is 0. The molecule has 0 atom stereocenters. The third kappa shape index (κ3) is 3.37. The minimum atomic E-state index is -0.213. The predicted octanol–water partition coefficient (Wildman–Crippen LogP) is 4.85. The van der Waals surface area contributed by atoms with Gasteiger partial charge in [0.15, 0.2) is 0 Å². The van der Waals surface area contributed by atoms with Crippen LogP contribution in [0.25, 0.3) is 0 Å². The Balaban J connectivity index is 2.16. The lowest BCUT2D eigenvalue weighted by molar-refractivity contribution is 0.102. The molecule has 5 heteroatoms. The van der Waals surface area contributed by atoms with E-state index in [9.17, 15) is 4.79 Å². The zero-order valence-electron chi connectivity index (χ0n) is 9.08. The first-order valence-electron chi connectivity index (χ1n) is 5.08. The van der Waals surface area contributed by atoms with E-state index in [-0.39, 0.29) is 5.91 Å². The molecule has 0 radical (unpaired) electrons. The number of amides is 1. The first-order valence-corrected chi connectivity index (χ1v) is 6.92. The molecule has 0 aliphatic carbocycles. The van der Waals surface area contributed by atoms with Crippen LogP contribution in [-0.2, 0) is 0 Å². The molecule has 0 spiro atoms. The molecule has 0 fully saturated rings. The van der Waals surface area contributed by atoms with Crippen LogP contribution in [0.2, 0.25) is 10.0 Å². The largest absolute Gasteiger partial charge is 0.322 e. The van der Waals surface area contributed by atoms with Crippen LogP contribution in [0.4, 0.5) is 5.69 Å². The molecule has 18 heavy (non-hydrogen) atoms. The van der Waals surface area contributed by atoms with Crippen LogP contribution in [0.15, 0.2) is 42.5 Å². The van der Waals surface area contributed by atoms with Crippen molar-refractivity contribution in [2.75, 3.05) is 5.32 Å². The number of hydrogen-bond donors (Lipinski definition) is 1. The molecule has 0 bridgehead atoms. The van der Waals surface area contributed by atoms with Crippen LogP contribution < -0.4 is 5.32 Å². The monoisotopic (exact) mass is 391 g/mol. The molecule has 0 unspecified atom stereocenters. The second-order valence-electron chi connectivity index (χ2n) is 3.59. The van der Waals surface area contributed by atoms with Crippen LogP contribution in [0.5, 0.6) is 0 Å². The smallest absolute Gasteiger partial charge is 0.255 e. The van der Waals surface area contributed by atoms with E-state index in [0.29, 0.717) is 15.6 Å². The fourth-order valence-electron chi connectivity index (χ4n) is 1.37. The Hall–Kier alpha value is -0.780. The Labute approximate surface area is 128 Å². The summed E-state index contributed by atoms with van der Waals surface area (Å²) in [6, 6.07) is 12.3. The summed E-state index contributed by atoms with van der Waals surface area (Å²) in [5.41, 5.74) is 1.22. The first kappa shape index (κ1) is 13.6. The molecule has 0 aromatic heterocycles. The second kappa shape index (κ2) is 5.91. The maximum Gasteiger partial charge on any atom is 0.255 e. The van der Waals surface area contributed by atoms with E-state index in [4.69, 9.17) is 23.2 Å². The normalized spacial score (nSPS) is 10.2. The van der Waals surface area contributed by atoms with Crippen LogP contribution >= 0.6 is 45.8 Å². The molecule has 1 N–H and O–H groups in total. The van der Waals surface area contributed by atoms with Crippen molar-refractivity contribution in [2.24, 2.45) is 0 Å². The van der Waals surface area contributed by atoms with Crippen molar-refractivity contribution < 1.29 is 4.79 Å². The zero-order valence-corrected chi connectivity index (χ0v) is 12.8. The molecule has 2 aromatic carbocycles. The maximum absolute atomic E-state index is 11.9. The highest BCUT2D eigenvalue weighted by Crippen LogP contribution is 2.23. The first-order chi connectivity index (χ1) is 8.56. The van der Waals surface area contributed by atoms with Gasteiger partial charge in [-0.05, 0) is 65.1 Å². The van der Waals surface area contributed by atoms with Crippen molar-refractivity contribution in [3.63, 3.8) is 0 Å². The predicted molar refractivity (Wildman–Crippen MR) is 83.6 cm³/mol. The standard InChI is InChI=1S/C13H8Cl2INO/c14-11-6-1-8(7-12(11)15)13(18)17-10-4-2-9(16)3-5-10/h1-7H,(H,17,18). The number of hydrogen-bond acceptors (Lipinski definition) is 1. The van der Waals surface area contributed by atoms with Gasteiger partial charge >= 0.3 is 0 Å². The van der Waals surface area contributed by atoms with Crippen molar-refractivity contribution >= 4 is 57.4 Å². The molecule has 2 aromatic rings. The quantitative estimate of drug-likeness (QED) is 0.728. The van der Waals surface area contributed by atoms with Crippen molar-refractivity contribution in [3.8, 4) is 0 Å². The zero-order chi connectivity index (χ0) is 13.1. The summed E-state index contributed by atoms with van der Waals surface area (Å²) < 4.78 is 1.11. The van der Waals surface area contributed by atoms with Crippen LogP contribution in [0, 0.1) is 3.57 Å². The van der Waals surface area contributed by atoms with Gasteiger partial charge in [-0.15, -0.1) is 0 Å². The van der Waals surface area contributed by atoms with Crippen molar-refractivity contribution in [1.82, 2.24) is 0 Å². The van der Waals surface area contributed by atoms with Crippen LogP contribution in [0.3, 0.4) is 0 Å². The SMILES string of the molecule is O=C(Nc1ccc(I)cc1)c1ccc(Cl)c(Cl)c1. The van der Waals surface area contributed by atoms with Crippen molar-refractivity contribution in [3.05, 3.63) is 61.6 Å². The second-order valence-corrected chi connectivity index (χ2v) is 5.65. The fourth-order valence-corrected chi connectivity index (χ4v) is 2.03. The van der Waals surface area contributed by atoms with E-state index >= 15 is 0 Å². The van der Waals surface area contributed by atoms with E-state index in [1.165, 1.54) is 0 Å². The summed E-state index contributed by atoms with van der Waals surface area (Å²) in [5.74, 6) is -0.213. The Bertz CT molecular complexity index is 584. The minimum Gasteiger partial charge on any atom is -0.322 e. The summed E-state index contributed by atoms with van der Waals surface area (Å²) in [7, 11) is 0. The number of benzene rings is 2. The van der Waals surface area contributed by atoms with Crippen LogP contribution in [-0.4, -0.2) is 5.91 Å². The summed E-state index contributed by atoms with van der Waals surface area (Å²) >= 11 is 13.9. The van der Waals surface area contributed by atoms with Gasteiger partial charge in [0.1, 0.15) is 0 Å². The topological polar surface area (TPSA) is 29.1 Å². The highest BCUT2D eigenvalue weighted by atomic mass is 127. The molecule has 92 valence electrons. The molecule has 0 saturated heterocycles. The summed E-state index contributed by atoms with van der Waals surface area (Å²) in [5, 5.41) is 3.59. The molecule has 0 saturated carbocycles. The lowest BCUT2D eigenvalue weighted by Crippen LogP contribution is -2.11. The molecule has 1 amide bonds. The van der Waals surface area contributed by atoms with Gasteiger partial charge in [0, 0.05) is 14.8 Å². The highest BCUT2D eigenvalue weighted by molar-refractivity contribution is 14.1. The third-order valence-electron chi connectivity index (χ3n) is 2.28. The Morgan fingerprint density at radius 2 is 1.67 bits per heavy atom. The van der Waals surface area contributed by atoms with Gasteiger partial charge in [-0.2, -0.15) is 0 Å². The van der Waals surface area contributed by atoms with Crippen molar-refractivity contribution in [2.45, 2.75) is 0 Å². The van der Waals surface area contributed by atoms with E-state index in [2.05, 4.69) is 27.9 Å². The Kier molecular flexibility index (Phi) is 4.48. The lowest BCUT2D eigenvalue weighted by Gasteiger charge is -2.06. The number of anilines is 1.